The molecule has 0 atom stereocenters. The van der Waals surface area contributed by atoms with Crippen molar-refractivity contribution in [2.75, 3.05) is 11.9 Å². The van der Waals surface area contributed by atoms with Gasteiger partial charge in [-0.2, -0.15) is 0 Å². The van der Waals surface area contributed by atoms with Crippen LogP contribution in [-0.4, -0.2) is 20.9 Å². The summed E-state index contributed by atoms with van der Waals surface area (Å²) in [5.41, 5.74) is 4.24. The molecule has 0 spiro atoms. The standard InChI is InChI=1S/C26H28N4O/c1-2-14-27-25-24-23(29-26(20-10-6-11-20)30(24)16-15-28-25)21-12-7-13-22(17-21)31-18-19-8-4-3-5-9-19/h3-5,7-9,12-13,15-17,20H,2,6,10-11,14,18H2,1H3,(H,27,28). The Balaban J connectivity index is 1.53. The van der Waals surface area contributed by atoms with Crippen molar-refractivity contribution in [2.24, 2.45) is 0 Å². The maximum Gasteiger partial charge on any atom is 0.152 e. The van der Waals surface area contributed by atoms with Crippen molar-refractivity contribution in [3.05, 3.63) is 78.4 Å². The number of hydrogen-bond acceptors (Lipinski definition) is 4. The molecule has 1 fully saturated rings. The van der Waals surface area contributed by atoms with Crippen molar-refractivity contribution in [3.8, 4) is 17.0 Å². The molecule has 1 saturated carbocycles. The van der Waals surface area contributed by atoms with Gasteiger partial charge in [-0.1, -0.05) is 55.8 Å². The normalized spacial score (nSPS) is 13.8. The molecule has 1 aliphatic carbocycles. The molecule has 0 aliphatic heterocycles. The summed E-state index contributed by atoms with van der Waals surface area (Å²) in [5, 5.41) is 3.49. The third kappa shape index (κ3) is 4.00. The zero-order valence-electron chi connectivity index (χ0n) is 17.9. The van der Waals surface area contributed by atoms with Gasteiger partial charge in [-0.25, -0.2) is 9.97 Å². The Morgan fingerprint density at radius 1 is 1.10 bits per heavy atom. The molecule has 158 valence electrons. The second kappa shape index (κ2) is 8.80. The summed E-state index contributed by atoms with van der Waals surface area (Å²) in [4.78, 5) is 9.78. The Labute approximate surface area is 183 Å². The largest absolute Gasteiger partial charge is 0.489 e. The van der Waals surface area contributed by atoms with E-state index < -0.39 is 0 Å². The Morgan fingerprint density at radius 2 is 1.97 bits per heavy atom. The molecule has 5 nitrogen and oxygen atoms in total. The molecule has 1 N–H and O–H groups in total. The predicted octanol–water partition coefficient (Wildman–Crippen LogP) is 6.06. The van der Waals surface area contributed by atoms with Crippen molar-refractivity contribution in [3.63, 3.8) is 0 Å². The number of ether oxygens (including phenoxy) is 1. The smallest absolute Gasteiger partial charge is 0.152 e. The molecule has 0 unspecified atom stereocenters. The van der Waals surface area contributed by atoms with Crippen LogP contribution in [0.5, 0.6) is 5.75 Å². The third-order valence-electron chi connectivity index (χ3n) is 5.95. The first-order valence-corrected chi connectivity index (χ1v) is 11.2. The highest BCUT2D eigenvalue weighted by molar-refractivity contribution is 5.86. The molecule has 0 radical (unpaired) electrons. The van der Waals surface area contributed by atoms with Crippen LogP contribution in [0, 0.1) is 0 Å². The lowest BCUT2D eigenvalue weighted by atomic mass is 9.85. The van der Waals surface area contributed by atoms with Gasteiger partial charge >= 0.3 is 0 Å². The number of hydrogen-bond donors (Lipinski definition) is 1. The van der Waals surface area contributed by atoms with Gasteiger partial charge in [0.05, 0.1) is 0 Å². The molecular formula is C26H28N4O. The molecule has 1 aliphatic rings. The second-order valence-electron chi connectivity index (χ2n) is 8.17. The minimum absolute atomic E-state index is 0.528. The van der Waals surface area contributed by atoms with Gasteiger partial charge in [-0.05, 0) is 37.0 Å². The quantitative estimate of drug-likeness (QED) is 0.382. The van der Waals surface area contributed by atoms with Crippen LogP contribution < -0.4 is 10.1 Å². The van der Waals surface area contributed by atoms with Crippen LogP contribution in [0.4, 0.5) is 5.82 Å². The van der Waals surface area contributed by atoms with Gasteiger partial charge < -0.3 is 10.1 Å². The fourth-order valence-electron chi connectivity index (χ4n) is 4.07. The number of nitrogens with one attached hydrogen (secondary N) is 1. The summed E-state index contributed by atoms with van der Waals surface area (Å²) in [6.45, 7) is 3.60. The van der Waals surface area contributed by atoms with E-state index >= 15 is 0 Å². The van der Waals surface area contributed by atoms with E-state index in [9.17, 15) is 0 Å². The summed E-state index contributed by atoms with van der Waals surface area (Å²) in [5.74, 6) is 3.42. The van der Waals surface area contributed by atoms with Crippen LogP contribution >= 0.6 is 0 Å². The van der Waals surface area contributed by atoms with Gasteiger partial charge in [0.15, 0.2) is 5.82 Å². The zero-order valence-corrected chi connectivity index (χ0v) is 17.9. The Hall–Kier alpha value is -3.34. The Kier molecular flexibility index (Phi) is 5.57. The minimum atomic E-state index is 0.528. The molecule has 0 bridgehead atoms. The summed E-state index contributed by atoms with van der Waals surface area (Å²) in [6.07, 6.45) is 8.66. The van der Waals surface area contributed by atoms with Crippen molar-refractivity contribution in [1.29, 1.82) is 0 Å². The number of imidazole rings is 1. The van der Waals surface area contributed by atoms with Gasteiger partial charge in [-0.3, -0.25) is 4.40 Å². The number of fused-ring (bicyclic) bond motifs is 1. The van der Waals surface area contributed by atoms with E-state index in [4.69, 9.17) is 9.72 Å². The first-order chi connectivity index (χ1) is 15.3. The van der Waals surface area contributed by atoms with Crippen LogP contribution in [0.25, 0.3) is 16.8 Å². The lowest BCUT2D eigenvalue weighted by Crippen LogP contribution is -2.13. The van der Waals surface area contributed by atoms with Gasteiger partial charge in [0.1, 0.15) is 29.4 Å². The van der Waals surface area contributed by atoms with Crippen LogP contribution in [-0.2, 0) is 6.61 Å². The van der Waals surface area contributed by atoms with Crippen LogP contribution in [0.3, 0.4) is 0 Å². The predicted molar refractivity (Wildman–Crippen MR) is 125 cm³/mol. The fraction of sp³-hybridized carbons (Fsp3) is 0.308. The highest BCUT2D eigenvalue weighted by atomic mass is 16.5. The van der Waals surface area contributed by atoms with Gasteiger partial charge in [0, 0.05) is 30.4 Å². The van der Waals surface area contributed by atoms with Crippen molar-refractivity contribution < 1.29 is 4.74 Å². The van der Waals surface area contributed by atoms with E-state index in [1.807, 2.05) is 42.7 Å². The minimum Gasteiger partial charge on any atom is -0.489 e. The molecule has 5 heteroatoms. The third-order valence-corrected chi connectivity index (χ3v) is 5.95. The molecule has 31 heavy (non-hydrogen) atoms. The lowest BCUT2D eigenvalue weighted by molar-refractivity contribution is 0.306. The summed E-state index contributed by atoms with van der Waals surface area (Å²) < 4.78 is 8.32. The number of nitrogens with zero attached hydrogens (tertiary/aromatic N) is 3. The highest BCUT2D eigenvalue weighted by Gasteiger charge is 2.27. The number of aromatic nitrogens is 3. The topological polar surface area (TPSA) is 51.5 Å². The maximum atomic E-state index is 6.08. The Morgan fingerprint density at radius 3 is 2.74 bits per heavy atom. The van der Waals surface area contributed by atoms with Crippen molar-refractivity contribution >= 4 is 11.3 Å². The molecule has 2 aromatic carbocycles. The number of benzene rings is 2. The van der Waals surface area contributed by atoms with Gasteiger partial charge in [0.2, 0.25) is 0 Å². The molecule has 2 heterocycles. The van der Waals surface area contributed by atoms with E-state index in [0.29, 0.717) is 12.5 Å². The fourth-order valence-corrected chi connectivity index (χ4v) is 4.07. The molecule has 2 aromatic heterocycles. The van der Waals surface area contributed by atoms with Crippen LogP contribution in [0.15, 0.2) is 67.0 Å². The lowest BCUT2D eigenvalue weighted by Gasteiger charge is -2.24. The van der Waals surface area contributed by atoms with E-state index in [0.717, 1.165) is 52.7 Å². The summed E-state index contributed by atoms with van der Waals surface area (Å²) in [6, 6.07) is 18.5. The molecule has 0 amide bonds. The van der Waals surface area contributed by atoms with Crippen molar-refractivity contribution in [2.45, 2.75) is 45.1 Å². The second-order valence-corrected chi connectivity index (χ2v) is 8.17. The van der Waals surface area contributed by atoms with Crippen molar-refractivity contribution in [1.82, 2.24) is 14.4 Å². The zero-order chi connectivity index (χ0) is 21.0. The number of rotatable bonds is 8. The van der Waals surface area contributed by atoms with Gasteiger partial charge in [-0.15, -0.1) is 0 Å². The highest BCUT2D eigenvalue weighted by Crippen LogP contribution is 2.40. The van der Waals surface area contributed by atoms with E-state index in [2.05, 4.69) is 45.9 Å². The first-order valence-electron chi connectivity index (χ1n) is 11.2. The first kappa shape index (κ1) is 19.6. The molecular weight excluding hydrogens is 384 g/mol. The van der Waals surface area contributed by atoms with E-state index in [1.54, 1.807) is 0 Å². The Bertz CT molecular complexity index is 1160. The maximum absolute atomic E-state index is 6.08. The summed E-state index contributed by atoms with van der Waals surface area (Å²) >= 11 is 0. The average Bonchev–Trinajstić information content (AvgIpc) is 3.16. The monoisotopic (exact) mass is 412 g/mol. The number of anilines is 1. The summed E-state index contributed by atoms with van der Waals surface area (Å²) in [7, 11) is 0. The van der Waals surface area contributed by atoms with Gasteiger partial charge in [0.25, 0.3) is 0 Å². The molecule has 0 saturated heterocycles. The molecule has 5 rings (SSSR count). The SMILES string of the molecule is CCCNc1nccn2c(C3CCC3)nc(-c3cccc(OCc4ccccc4)c3)c12. The van der Waals surface area contributed by atoms with E-state index in [1.165, 1.54) is 19.3 Å². The van der Waals surface area contributed by atoms with E-state index in [-0.39, 0.29) is 0 Å². The van der Waals surface area contributed by atoms with Crippen LogP contribution in [0.1, 0.15) is 49.9 Å². The van der Waals surface area contributed by atoms with Crippen LogP contribution in [0.2, 0.25) is 0 Å². The molecule has 4 aromatic rings. The average molecular weight is 413 g/mol.